The first kappa shape index (κ1) is 14.0. The van der Waals surface area contributed by atoms with Crippen LogP contribution in [0.5, 0.6) is 11.5 Å². The van der Waals surface area contributed by atoms with E-state index in [1.807, 2.05) is 0 Å². The summed E-state index contributed by atoms with van der Waals surface area (Å²) in [7, 11) is 0. The molecule has 0 heterocycles. The van der Waals surface area contributed by atoms with Gasteiger partial charge in [0.15, 0.2) is 0 Å². The van der Waals surface area contributed by atoms with Crippen LogP contribution in [0, 0.1) is 0 Å². The first-order chi connectivity index (χ1) is 9.03. The quantitative estimate of drug-likeness (QED) is 0.848. The maximum atomic E-state index is 12.0. The molecular formula is C13H16F3NO2. The Labute approximate surface area is 109 Å². The van der Waals surface area contributed by atoms with Gasteiger partial charge in [0.25, 0.3) is 0 Å². The molecule has 1 saturated carbocycles. The van der Waals surface area contributed by atoms with Crippen molar-refractivity contribution in [1.82, 2.24) is 5.48 Å². The van der Waals surface area contributed by atoms with Crippen LogP contribution in [0.4, 0.5) is 13.2 Å². The van der Waals surface area contributed by atoms with Gasteiger partial charge in [-0.05, 0) is 37.1 Å². The molecule has 0 unspecified atom stereocenters. The van der Waals surface area contributed by atoms with Crippen molar-refractivity contribution in [1.29, 1.82) is 0 Å². The molecule has 0 saturated heterocycles. The van der Waals surface area contributed by atoms with Gasteiger partial charge in [0.05, 0.1) is 0 Å². The van der Waals surface area contributed by atoms with Crippen molar-refractivity contribution < 1.29 is 22.7 Å². The number of hydrogen-bond acceptors (Lipinski definition) is 3. The van der Waals surface area contributed by atoms with Gasteiger partial charge < -0.3 is 9.57 Å². The minimum Gasteiger partial charge on any atom is -0.408 e. The van der Waals surface area contributed by atoms with Gasteiger partial charge in [-0.15, -0.1) is 13.2 Å². The van der Waals surface area contributed by atoms with Crippen molar-refractivity contribution in [2.75, 3.05) is 0 Å². The van der Waals surface area contributed by atoms with E-state index in [1.54, 1.807) is 0 Å². The molecule has 0 radical (unpaired) electrons. The summed E-state index contributed by atoms with van der Waals surface area (Å²) in [4.78, 5) is 5.34. The number of nitrogens with one attached hydrogen (secondary N) is 1. The molecule has 19 heavy (non-hydrogen) atoms. The van der Waals surface area contributed by atoms with Crippen LogP contribution >= 0.6 is 0 Å². The van der Waals surface area contributed by atoms with E-state index in [4.69, 9.17) is 4.84 Å². The lowest BCUT2D eigenvalue weighted by molar-refractivity contribution is -0.274. The predicted molar refractivity (Wildman–Crippen MR) is 63.8 cm³/mol. The van der Waals surface area contributed by atoms with E-state index in [2.05, 4.69) is 10.2 Å². The van der Waals surface area contributed by atoms with Gasteiger partial charge in [-0.25, -0.2) is 0 Å². The summed E-state index contributed by atoms with van der Waals surface area (Å²) in [5.41, 5.74) is 2.94. The molecule has 1 aliphatic carbocycles. The fourth-order valence-electron chi connectivity index (χ4n) is 2.08. The normalized spacial score (nSPS) is 17.2. The van der Waals surface area contributed by atoms with Gasteiger partial charge in [0.1, 0.15) is 11.5 Å². The highest BCUT2D eigenvalue weighted by molar-refractivity contribution is 5.31. The van der Waals surface area contributed by atoms with Crippen molar-refractivity contribution in [3.63, 3.8) is 0 Å². The van der Waals surface area contributed by atoms with Gasteiger partial charge in [-0.2, -0.15) is 5.48 Å². The molecule has 0 aromatic heterocycles. The number of rotatable bonds is 4. The Balaban J connectivity index is 1.81. The lowest BCUT2D eigenvalue weighted by Gasteiger charge is -2.22. The van der Waals surface area contributed by atoms with Crippen molar-refractivity contribution in [2.24, 2.45) is 0 Å². The molecule has 1 aliphatic rings. The largest absolute Gasteiger partial charge is 0.573 e. The van der Waals surface area contributed by atoms with Crippen LogP contribution in [-0.4, -0.2) is 12.4 Å². The Kier molecular flexibility index (Phi) is 4.52. The summed E-state index contributed by atoms with van der Waals surface area (Å²) in [5, 5.41) is 0. The van der Waals surface area contributed by atoms with E-state index in [1.165, 1.54) is 43.5 Å². The molecule has 0 atom stereocenters. The van der Waals surface area contributed by atoms with E-state index in [9.17, 15) is 13.2 Å². The standard InChI is InChI=1S/C13H16F3NO2/c14-13(15,16)18-11-6-8-12(9-7-11)19-17-10-4-2-1-3-5-10/h6-10,17H,1-5H2. The van der Waals surface area contributed by atoms with Gasteiger partial charge in [-0.3, -0.25) is 0 Å². The van der Waals surface area contributed by atoms with E-state index in [0.29, 0.717) is 11.8 Å². The Morgan fingerprint density at radius 2 is 1.53 bits per heavy atom. The highest BCUT2D eigenvalue weighted by atomic mass is 19.4. The zero-order valence-corrected chi connectivity index (χ0v) is 10.4. The summed E-state index contributed by atoms with van der Waals surface area (Å²) in [6.07, 6.45) is 1.08. The van der Waals surface area contributed by atoms with E-state index < -0.39 is 6.36 Å². The number of ether oxygens (including phenoxy) is 1. The monoisotopic (exact) mass is 275 g/mol. The molecule has 106 valence electrons. The lowest BCUT2D eigenvalue weighted by Crippen LogP contribution is -2.33. The van der Waals surface area contributed by atoms with E-state index in [-0.39, 0.29) is 5.75 Å². The van der Waals surface area contributed by atoms with Gasteiger partial charge in [0.2, 0.25) is 0 Å². The smallest absolute Gasteiger partial charge is 0.408 e. The van der Waals surface area contributed by atoms with Crippen LogP contribution in [0.15, 0.2) is 24.3 Å². The summed E-state index contributed by atoms with van der Waals surface area (Å²) in [6, 6.07) is 5.66. The summed E-state index contributed by atoms with van der Waals surface area (Å²) >= 11 is 0. The minimum absolute atomic E-state index is 0.252. The fourth-order valence-corrected chi connectivity index (χ4v) is 2.08. The Morgan fingerprint density at radius 1 is 0.947 bits per heavy atom. The molecule has 0 amide bonds. The summed E-state index contributed by atoms with van der Waals surface area (Å²) < 4.78 is 39.7. The molecule has 1 N–H and O–H groups in total. The summed E-state index contributed by atoms with van der Waals surface area (Å²) in [5.74, 6) is 0.220. The molecule has 1 fully saturated rings. The Morgan fingerprint density at radius 3 is 2.11 bits per heavy atom. The first-order valence-electron chi connectivity index (χ1n) is 6.31. The van der Waals surface area contributed by atoms with E-state index >= 15 is 0 Å². The Hall–Kier alpha value is -1.43. The van der Waals surface area contributed by atoms with Gasteiger partial charge in [0, 0.05) is 6.04 Å². The zero-order valence-electron chi connectivity index (χ0n) is 10.4. The van der Waals surface area contributed by atoms with E-state index in [0.717, 1.165) is 12.8 Å². The molecule has 2 rings (SSSR count). The number of hydrogen-bond donors (Lipinski definition) is 1. The minimum atomic E-state index is -4.66. The molecule has 0 bridgehead atoms. The number of halogens is 3. The molecule has 0 spiro atoms. The van der Waals surface area contributed by atoms with Crippen molar-refractivity contribution in [3.8, 4) is 11.5 Å². The van der Waals surface area contributed by atoms with Crippen LogP contribution in [0.25, 0.3) is 0 Å². The van der Waals surface area contributed by atoms with Crippen molar-refractivity contribution in [2.45, 2.75) is 44.5 Å². The highest BCUT2D eigenvalue weighted by Crippen LogP contribution is 2.25. The van der Waals surface area contributed by atoms with Crippen molar-refractivity contribution in [3.05, 3.63) is 24.3 Å². The molecule has 1 aromatic carbocycles. The Bertz CT molecular complexity index is 386. The van der Waals surface area contributed by atoms with Crippen LogP contribution in [0.2, 0.25) is 0 Å². The second-order valence-electron chi connectivity index (χ2n) is 4.57. The average molecular weight is 275 g/mol. The molecule has 6 heteroatoms. The molecule has 1 aromatic rings. The molecule has 3 nitrogen and oxygen atoms in total. The van der Waals surface area contributed by atoms with Crippen LogP contribution in [-0.2, 0) is 0 Å². The summed E-state index contributed by atoms with van der Waals surface area (Å²) in [6.45, 7) is 0. The lowest BCUT2D eigenvalue weighted by atomic mass is 9.96. The average Bonchev–Trinajstić information content (AvgIpc) is 2.37. The number of alkyl halides is 3. The highest BCUT2D eigenvalue weighted by Gasteiger charge is 2.30. The number of hydroxylamine groups is 1. The van der Waals surface area contributed by atoms with Gasteiger partial charge >= 0.3 is 6.36 Å². The second-order valence-corrected chi connectivity index (χ2v) is 4.57. The maximum Gasteiger partial charge on any atom is 0.573 e. The third-order valence-electron chi connectivity index (χ3n) is 3.01. The molecular weight excluding hydrogens is 259 g/mol. The fraction of sp³-hybridized carbons (Fsp3) is 0.538. The maximum absolute atomic E-state index is 12.0. The molecule has 0 aliphatic heterocycles. The first-order valence-corrected chi connectivity index (χ1v) is 6.31. The second kappa shape index (κ2) is 6.14. The SMILES string of the molecule is FC(F)(F)Oc1ccc(ONC2CCCCC2)cc1. The predicted octanol–water partition coefficient (Wildman–Crippen LogP) is 3.80. The van der Waals surface area contributed by atoms with Crippen LogP contribution < -0.4 is 15.1 Å². The van der Waals surface area contributed by atoms with Crippen molar-refractivity contribution >= 4 is 0 Å². The third kappa shape index (κ3) is 4.98. The van der Waals surface area contributed by atoms with Crippen LogP contribution in [0.3, 0.4) is 0 Å². The zero-order chi connectivity index (χ0) is 13.7. The van der Waals surface area contributed by atoms with Crippen LogP contribution in [0.1, 0.15) is 32.1 Å². The third-order valence-corrected chi connectivity index (χ3v) is 3.01. The topological polar surface area (TPSA) is 30.5 Å². The van der Waals surface area contributed by atoms with Gasteiger partial charge in [-0.1, -0.05) is 19.3 Å². The number of benzene rings is 1.